The second-order valence-corrected chi connectivity index (χ2v) is 8.11. The summed E-state index contributed by atoms with van der Waals surface area (Å²) in [5.41, 5.74) is 4.14. The monoisotopic (exact) mass is 379 g/mol. The number of hydrogen-bond acceptors (Lipinski definition) is 4. The number of hydrogen-bond donors (Lipinski definition) is 1. The molecule has 6 heteroatoms. The van der Waals surface area contributed by atoms with Crippen LogP contribution in [0.2, 0.25) is 0 Å². The predicted molar refractivity (Wildman–Crippen MR) is 112 cm³/mol. The zero-order chi connectivity index (χ0) is 19.7. The van der Waals surface area contributed by atoms with Gasteiger partial charge in [0.25, 0.3) is 0 Å². The van der Waals surface area contributed by atoms with Crippen LogP contribution in [0, 0.1) is 19.8 Å². The van der Waals surface area contributed by atoms with Crippen LogP contribution in [-0.4, -0.2) is 40.5 Å². The normalized spacial score (nSPS) is 17.4. The number of aryl methyl sites for hydroxylation is 2. The minimum Gasteiger partial charge on any atom is -0.356 e. The standard InChI is InChI=1S/C22H29N5O/c1-15-8-11-26(12-9-15)21-18-14-27(13-10-20(18)23-17(3)24-21)22(28)25-19-7-5-4-6-16(19)2/h4-7,15H,8-14H2,1-3H3,(H,25,28). The Morgan fingerprint density at radius 1 is 1.11 bits per heavy atom. The zero-order valence-electron chi connectivity index (χ0n) is 17.0. The van der Waals surface area contributed by atoms with Gasteiger partial charge in [0.1, 0.15) is 11.6 Å². The molecule has 148 valence electrons. The van der Waals surface area contributed by atoms with Gasteiger partial charge in [-0.1, -0.05) is 25.1 Å². The lowest BCUT2D eigenvalue weighted by Gasteiger charge is -2.36. The molecule has 1 aromatic heterocycles. The molecule has 1 saturated heterocycles. The molecule has 0 aliphatic carbocycles. The van der Waals surface area contributed by atoms with Gasteiger partial charge in [0.2, 0.25) is 0 Å². The van der Waals surface area contributed by atoms with Gasteiger partial charge in [-0.05, 0) is 44.2 Å². The number of amides is 2. The van der Waals surface area contributed by atoms with E-state index < -0.39 is 0 Å². The van der Waals surface area contributed by atoms with E-state index in [-0.39, 0.29) is 6.03 Å². The molecule has 0 spiro atoms. The topological polar surface area (TPSA) is 61.4 Å². The molecule has 0 radical (unpaired) electrons. The molecule has 2 amide bonds. The van der Waals surface area contributed by atoms with Crippen molar-refractivity contribution in [1.82, 2.24) is 14.9 Å². The van der Waals surface area contributed by atoms with E-state index in [9.17, 15) is 4.79 Å². The summed E-state index contributed by atoms with van der Waals surface area (Å²) in [6.07, 6.45) is 3.15. The molecule has 2 aliphatic heterocycles. The van der Waals surface area contributed by atoms with Crippen LogP contribution in [0.4, 0.5) is 16.3 Å². The summed E-state index contributed by atoms with van der Waals surface area (Å²) >= 11 is 0. The summed E-state index contributed by atoms with van der Waals surface area (Å²) in [5.74, 6) is 2.62. The summed E-state index contributed by atoms with van der Waals surface area (Å²) in [5, 5.41) is 3.06. The first-order valence-electron chi connectivity index (χ1n) is 10.2. The maximum Gasteiger partial charge on any atom is 0.322 e. The quantitative estimate of drug-likeness (QED) is 0.859. The van der Waals surface area contributed by atoms with E-state index in [1.165, 1.54) is 12.8 Å². The number of nitrogens with one attached hydrogen (secondary N) is 1. The molecule has 1 fully saturated rings. The second kappa shape index (κ2) is 7.78. The highest BCUT2D eigenvalue weighted by molar-refractivity contribution is 5.90. The Balaban J connectivity index is 1.55. The van der Waals surface area contributed by atoms with E-state index in [1.54, 1.807) is 0 Å². The molecule has 2 aromatic rings. The summed E-state index contributed by atoms with van der Waals surface area (Å²) in [6.45, 7) is 9.59. The minimum atomic E-state index is -0.0567. The van der Waals surface area contributed by atoms with Crippen LogP contribution in [0.25, 0.3) is 0 Å². The van der Waals surface area contributed by atoms with Crippen molar-refractivity contribution in [3.8, 4) is 0 Å². The highest BCUT2D eigenvalue weighted by Crippen LogP contribution is 2.30. The smallest absolute Gasteiger partial charge is 0.322 e. The van der Waals surface area contributed by atoms with Gasteiger partial charge in [0, 0.05) is 37.3 Å². The van der Waals surface area contributed by atoms with Crippen molar-refractivity contribution in [3.05, 3.63) is 46.9 Å². The average molecular weight is 380 g/mol. The highest BCUT2D eigenvalue weighted by atomic mass is 16.2. The molecule has 28 heavy (non-hydrogen) atoms. The Morgan fingerprint density at radius 3 is 2.61 bits per heavy atom. The first kappa shape index (κ1) is 18.7. The molecule has 0 atom stereocenters. The van der Waals surface area contributed by atoms with Crippen molar-refractivity contribution in [2.24, 2.45) is 5.92 Å². The number of fused-ring (bicyclic) bond motifs is 1. The predicted octanol–water partition coefficient (Wildman–Crippen LogP) is 3.92. The molecule has 2 aliphatic rings. The maximum atomic E-state index is 12.9. The third kappa shape index (κ3) is 3.81. The fourth-order valence-corrected chi connectivity index (χ4v) is 4.08. The third-order valence-electron chi connectivity index (χ3n) is 5.91. The number of carbonyl (C=O) groups excluding carboxylic acids is 1. The lowest BCUT2D eigenvalue weighted by molar-refractivity contribution is 0.206. The van der Waals surface area contributed by atoms with Crippen LogP contribution in [0.3, 0.4) is 0 Å². The number of rotatable bonds is 2. The number of carbonyl (C=O) groups is 1. The Hall–Kier alpha value is -2.63. The molecule has 0 bridgehead atoms. The van der Waals surface area contributed by atoms with Crippen molar-refractivity contribution in [2.45, 2.75) is 46.6 Å². The number of piperidine rings is 1. The maximum absolute atomic E-state index is 12.9. The molecular formula is C22H29N5O. The first-order chi connectivity index (χ1) is 13.5. The van der Waals surface area contributed by atoms with Crippen molar-refractivity contribution in [1.29, 1.82) is 0 Å². The molecule has 1 N–H and O–H groups in total. The number of anilines is 2. The summed E-state index contributed by atoms with van der Waals surface area (Å²) in [6, 6.07) is 7.82. The van der Waals surface area contributed by atoms with E-state index in [4.69, 9.17) is 4.98 Å². The first-order valence-corrected chi connectivity index (χ1v) is 10.2. The van der Waals surface area contributed by atoms with E-state index in [0.29, 0.717) is 13.1 Å². The van der Waals surface area contributed by atoms with Crippen molar-refractivity contribution in [3.63, 3.8) is 0 Å². The third-order valence-corrected chi connectivity index (χ3v) is 5.91. The Bertz CT molecular complexity index is 873. The number of aromatic nitrogens is 2. The summed E-state index contributed by atoms with van der Waals surface area (Å²) in [4.78, 5) is 26.6. The summed E-state index contributed by atoms with van der Waals surface area (Å²) < 4.78 is 0. The number of nitrogens with zero attached hydrogens (tertiary/aromatic N) is 4. The fourth-order valence-electron chi connectivity index (χ4n) is 4.08. The number of benzene rings is 1. The van der Waals surface area contributed by atoms with Gasteiger partial charge in [0.05, 0.1) is 12.2 Å². The fraction of sp³-hybridized carbons (Fsp3) is 0.500. The van der Waals surface area contributed by atoms with E-state index in [2.05, 4.69) is 22.1 Å². The van der Waals surface area contributed by atoms with E-state index in [1.807, 2.05) is 43.0 Å². The summed E-state index contributed by atoms with van der Waals surface area (Å²) in [7, 11) is 0. The van der Waals surface area contributed by atoms with Gasteiger partial charge in [-0.2, -0.15) is 0 Å². The Labute approximate surface area is 167 Å². The van der Waals surface area contributed by atoms with Gasteiger partial charge in [-0.15, -0.1) is 0 Å². The van der Waals surface area contributed by atoms with Crippen LogP contribution < -0.4 is 10.2 Å². The van der Waals surface area contributed by atoms with Crippen LogP contribution >= 0.6 is 0 Å². The molecule has 4 rings (SSSR count). The van der Waals surface area contributed by atoms with Crippen LogP contribution in [0.1, 0.15) is 42.4 Å². The molecule has 1 aromatic carbocycles. The second-order valence-electron chi connectivity index (χ2n) is 8.11. The molecule has 0 saturated carbocycles. The SMILES string of the molecule is Cc1nc2c(c(N3CCC(C)CC3)n1)CN(C(=O)Nc1ccccc1C)CC2. The minimum absolute atomic E-state index is 0.0567. The van der Waals surface area contributed by atoms with Gasteiger partial charge < -0.3 is 15.1 Å². The highest BCUT2D eigenvalue weighted by Gasteiger charge is 2.28. The Kier molecular flexibility index (Phi) is 5.20. The average Bonchev–Trinajstić information content (AvgIpc) is 2.69. The van der Waals surface area contributed by atoms with Gasteiger partial charge in [-0.3, -0.25) is 0 Å². The zero-order valence-corrected chi connectivity index (χ0v) is 17.0. The molecule has 0 unspecified atom stereocenters. The van der Waals surface area contributed by atoms with E-state index in [0.717, 1.165) is 59.6 Å². The number of para-hydroxylation sites is 1. The van der Waals surface area contributed by atoms with Crippen LogP contribution in [0.5, 0.6) is 0 Å². The largest absolute Gasteiger partial charge is 0.356 e. The lowest BCUT2D eigenvalue weighted by atomic mass is 9.98. The van der Waals surface area contributed by atoms with Gasteiger partial charge in [-0.25, -0.2) is 14.8 Å². The van der Waals surface area contributed by atoms with Crippen LogP contribution in [-0.2, 0) is 13.0 Å². The van der Waals surface area contributed by atoms with Gasteiger partial charge >= 0.3 is 6.03 Å². The van der Waals surface area contributed by atoms with Crippen LogP contribution in [0.15, 0.2) is 24.3 Å². The molecular weight excluding hydrogens is 350 g/mol. The van der Waals surface area contributed by atoms with E-state index >= 15 is 0 Å². The molecule has 6 nitrogen and oxygen atoms in total. The lowest BCUT2D eigenvalue weighted by Crippen LogP contribution is -2.41. The van der Waals surface area contributed by atoms with Crippen molar-refractivity contribution >= 4 is 17.5 Å². The van der Waals surface area contributed by atoms with Crippen molar-refractivity contribution < 1.29 is 4.79 Å². The Morgan fingerprint density at radius 2 is 1.86 bits per heavy atom. The van der Waals surface area contributed by atoms with Gasteiger partial charge in [0.15, 0.2) is 0 Å². The number of urea groups is 1. The molecule has 3 heterocycles. The van der Waals surface area contributed by atoms with Crippen molar-refractivity contribution in [2.75, 3.05) is 29.9 Å².